The van der Waals surface area contributed by atoms with Crippen molar-refractivity contribution in [3.8, 4) is 0 Å². The summed E-state index contributed by atoms with van der Waals surface area (Å²) in [5, 5.41) is 0. The molecule has 1 aromatic rings. The topological polar surface area (TPSA) is 89.4 Å². The highest BCUT2D eigenvalue weighted by molar-refractivity contribution is 5.95. The zero-order chi connectivity index (χ0) is 14.5. The minimum Gasteiger partial charge on any atom is -0.370 e. The Kier molecular flexibility index (Phi) is 6.65. The van der Waals surface area contributed by atoms with Gasteiger partial charge in [-0.15, -0.1) is 12.4 Å². The van der Waals surface area contributed by atoms with E-state index in [0.717, 1.165) is 24.9 Å². The summed E-state index contributed by atoms with van der Waals surface area (Å²) in [6, 6.07) is 9.49. The van der Waals surface area contributed by atoms with Crippen molar-refractivity contribution in [2.75, 3.05) is 11.4 Å². The van der Waals surface area contributed by atoms with E-state index in [0.29, 0.717) is 6.54 Å². The van der Waals surface area contributed by atoms with Gasteiger partial charge < -0.3 is 16.4 Å². The zero-order valence-electron chi connectivity index (χ0n) is 11.9. The summed E-state index contributed by atoms with van der Waals surface area (Å²) >= 11 is 0. The van der Waals surface area contributed by atoms with Crippen LogP contribution in [-0.2, 0) is 9.59 Å². The summed E-state index contributed by atoms with van der Waals surface area (Å²) < 4.78 is 0. The smallest absolute Gasteiger partial charge is 0.230 e. The lowest BCUT2D eigenvalue weighted by atomic mass is 10.1. The second-order valence-electron chi connectivity index (χ2n) is 5.31. The fourth-order valence-electron chi connectivity index (χ4n) is 2.66. The Morgan fingerprint density at radius 1 is 1.19 bits per heavy atom. The molecule has 0 heterocycles. The molecule has 2 rings (SSSR count). The van der Waals surface area contributed by atoms with Gasteiger partial charge in [0.15, 0.2) is 0 Å². The maximum absolute atomic E-state index is 12.6. The summed E-state index contributed by atoms with van der Waals surface area (Å²) in [5.74, 6) is -0.398. The van der Waals surface area contributed by atoms with E-state index in [9.17, 15) is 9.59 Å². The minimum atomic E-state index is -0.401. The van der Waals surface area contributed by atoms with E-state index in [1.54, 1.807) is 4.90 Å². The van der Waals surface area contributed by atoms with Gasteiger partial charge in [-0.25, -0.2) is 0 Å². The van der Waals surface area contributed by atoms with Crippen LogP contribution in [0.3, 0.4) is 0 Å². The van der Waals surface area contributed by atoms with E-state index >= 15 is 0 Å². The average molecular weight is 312 g/mol. The molecule has 21 heavy (non-hydrogen) atoms. The second-order valence-corrected chi connectivity index (χ2v) is 5.31. The first kappa shape index (κ1) is 17.5. The molecule has 5 nitrogen and oxygen atoms in total. The summed E-state index contributed by atoms with van der Waals surface area (Å²) in [6.45, 7) is 0.323. The van der Waals surface area contributed by atoms with Gasteiger partial charge >= 0.3 is 0 Å². The average Bonchev–Trinajstić information content (AvgIpc) is 2.86. The van der Waals surface area contributed by atoms with E-state index in [-0.39, 0.29) is 36.7 Å². The largest absolute Gasteiger partial charge is 0.370 e. The Bertz CT molecular complexity index is 481. The number of hydrogen-bond acceptors (Lipinski definition) is 3. The van der Waals surface area contributed by atoms with Gasteiger partial charge in [0.1, 0.15) is 0 Å². The van der Waals surface area contributed by atoms with Crippen LogP contribution in [0.15, 0.2) is 30.3 Å². The molecule has 1 aromatic carbocycles. The third-order valence-corrected chi connectivity index (χ3v) is 3.74. The lowest BCUT2D eigenvalue weighted by molar-refractivity contribution is -0.122. The molecular weight excluding hydrogens is 290 g/mol. The van der Waals surface area contributed by atoms with Crippen molar-refractivity contribution in [1.29, 1.82) is 0 Å². The zero-order valence-corrected chi connectivity index (χ0v) is 12.7. The van der Waals surface area contributed by atoms with Crippen molar-refractivity contribution in [1.82, 2.24) is 0 Å². The van der Waals surface area contributed by atoms with Gasteiger partial charge in [-0.1, -0.05) is 18.2 Å². The number of carbonyl (C=O) groups excluding carboxylic acids is 2. The third-order valence-electron chi connectivity index (χ3n) is 3.74. The van der Waals surface area contributed by atoms with Gasteiger partial charge in [0.05, 0.1) is 0 Å². The van der Waals surface area contributed by atoms with Gasteiger partial charge in [-0.3, -0.25) is 9.59 Å². The predicted octanol–water partition coefficient (Wildman–Crippen LogP) is 1.44. The number of rotatable bonds is 5. The lowest BCUT2D eigenvalue weighted by Gasteiger charge is -2.25. The molecule has 0 aliphatic heterocycles. The number of nitrogens with zero attached hydrogens (tertiary/aromatic N) is 1. The van der Waals surface area contributed by atoms with E-state index in [1.165, 1.54) is 0 Å². The van der Waals surface area contributed by atoms with Gasteiger partial charge in [-0.2, -0.15) is 0 Å². The van der Waals surface area contributed by atoms with Crippen molar-refractivity contribution in [3.05, 3.63) is 30.3 Å². The molecular formula is C15H22ClN3O2. The Hall–Kier alpha value is -1.59. The molecule has 0 saturated heterocycles. The van der Waals surface area contributed by atoms with Crippen LogP contribution in [0.4, 0.5) is 5.69 Å². The highest BCUT2D eigenvalue weighted by atomic mass is 35.5. The summed E-state index contributed by atoms with van der Waals surface area (Å²) in [4.78, 5) is 25.3. The minimum absolute atomic E-state index is 0. The number of para-hydroxylation sites is 1. The normalized spacial score (nSPS) is 20.6. The fourth-order valence-corrected chi connectivity index (χ4v) is 2.66. The molecule has 1 aliphatic rings. The monoisotopic (exact) mass is 311 g/mol. The third kappa shape index (κ3) is 4.72. The first-order valence-corrected chi connectivity index (χ1v) is 6.98. The SMILES string of the molecule is Cl.NC(=O)CCN(C(=O)C1CCC(N)C1)c1ccccc1. The molecule has 2 amide bonds. The van der Waals surface area contributed by atoms with Gasteiger partial charge in [0.25, 0.3) is 0 Å². The summed E-state index contributed by atoms with van der Waals surface area (Å²) in [7, 11) is 0. The molecule has 116 valence electrons. The number of nitrogens with two attached hydrogens (primary N) is 2. The summed E-state index contributed by atoms with van der Waals surface area (Å²) in [6.07, 6.45) is 2.59. The molecule has 0 radical (unpaired) electrons. The Morgan fingerprint density at radius 3 is 2.38 bits per heavy atom. The highest BCUT2D eigenvalue weighted by Crippen LogP contribution is 2.28. The van der Waals surface area contributed by atoms with E-state index in [4.69, 9.17) is 11.5 Å². The maximum Gasteiger partial charge on any atom is 0.230 e. The van der Waals surface area contributed by atoms with Gasteiger partial charge in [0.2, 0.25) is 11.8 Å². The standard InChI is InChI=1S/C15H21N3O2.ClH/c16-12-7-6-11(10-12)15(20)18(9-8-14(17)19)13-4-2-1-3-5-13;/h1-5,11-12H,6-10,16H2,(H2,17,19);1H. The van der Waals surface area contributed by atoms with Gasteiger partial charge in [-0.05, 0) is 31.4 Å². The maximum atomic E-state index is 12.6. The molecule has 4 N–H and O–H groups in total. The predicted molar refractivity (Wildman–Crippen MR) is 85.2 cm³/mol. The van der Waals surface area contributed by atoms with Crippen LogP contribution < -0.4 is 16.4 Å². The number of carbonyl (C=O) groups is 2. The highest BCUT2D eigenvalue weighted by Gasteiger charge is 2.31. The number of hydrogen-bond donors (Lipinski definition) is 2. The number of benzene rings is 1. The van der Waals surface area contributed by atoms with Crippen molar-refractivity contribution in [2.24, 2.45) is 17.4 Å². The van der Waals surface area contributed by atoms with Crippen molar-refractivity contribution in [3.63, 3.8) is 0 Å². The Labute approximate surface area is 131 Å². The molecule has 6 heteroatoms. The fraction of sp³-hybridized carbons (Fsp3) is 0.467. The number of amides is 2. The van der Waals surface area contributed by atoms with Crippen LogP contribution in [0.5, 0.6) is 0 Å². The van der Waals surface area contributed by atoms with E-state index in [2.05, 4.69) is 0 Å². The Balaban J connectivity index is 0.00000220. The molecule has 0 aromatic heterocycles. The van der Waals surface area contributed by atoms with Crippen molar-refractivity contribution in [2.45, 2.75) is 31.7 Å². The molecule has 0 bridgehead atoms. The molecule has 1 saturated carbocycles. The van der Waals surface area contributed by atoms with Crippen LogP contribution in [0.1, 0.15) is 25.7 Å². The number of primary amides is 1. The first-order valence-electron chi connectivity index (χ1n) is 6.98. The van der Waals surface area contributed by atoms with Crippen LogP contribution in [0, 0.1) is 5.92 Å². The first-order chi connectivity index (χ1) is 9.58. The van der Waals surface area contributed by atoms with E-state index in [1.807, 2.05) is 30.3 Å². The molecule has 0 spiro atoms. The van der Waals surface area contributed by atoms with Crippen molar-refractivity contribution < 1.29 is 9.59 Å². The van der Waals surface area contributed by atoms with Crippen LogP contribution in [0.25, 0.3) is 0 Å². The van der Waals surface area contributed by atoms with Crippen molar-refractivity contribution >= 4 is 29.9 Å². The van der Waals surface area contributed by atoms with E-state index < -0.39 is 5.91 Å². The van der Waals surface area contributed by atoms with Crippen LogP contribution >= 0.6 is 12.4 Å². The van der Waals surface area contributed by atoms with Crippen LogP contribution in [0.2, 0.25) is 0 Å². The molecule has 2 atom stereocenters. The number of anilines is 1. The molecule has 2 unspecified atom stereocenters. The Morgan fingerprint density at radius 2 is 1.86 bits per heavy atom. The second kappa shape index (κ2) is 8.00. The quantitative estimate of drug-likeness (QED) is 0.862. The van der Waals surface area contributed by atoms with Gasteiger partial charge in [0, 0.05) is 30.6 Å². The lowest BCUT2D eigenvalue weighted by Crippen LogP contribution is -2.38. The molecule has 1 aliphatic carbocycles. The number of halogens is 1. The summed E-state index contributed by atoms with van der Waals surface area (Å²) in [5.41, 5.74) is 11.9. The molecule has 1 fully saturated rings. The van der Waals surface area contributed by atoms with Crippen LogP contribution in [-0.4, -0.2) is 24.4 Å².